The maximum absolute atomic E-state index is 11.4. The molecule has 1 rings (SSSR count). The number of nitrogens with zero attached hydrogens (tertiary/aromatic N) is 4. The first-order chi connectivity index (χ1) is 7.00. The highest BCUT2D eigenvalue weighted by Gasteiger charge is 2.12. The first-order valence-electron chi connectivity index (χ1n) is 4.36. The molecule has 5 nitrogen and oxygen atoms in total. The van der Waals surface area contributed by atoms with Crippen molar-refractivity contribution in [2.75, 3.05) is 27.7 Å². The summed E-state index contributed by atoms with van der Waals surface area (Å²) >= 11 is 7.01. The van der Waals surface area contributed by atoms with Crippen LogP contribution in [0.3, 0.4) is 0 Å². The van der Waals surface area contributed by atoms with E-state index in [1.807, 2.05) is 11.9 Å². The maximum atomic E-state index is 11.4. The predicted molar refractivity (Wildman–Crippen MR) is 59.9 cm³/mol. The van der Waals surface area contributed by atoms with Crippen LogP contribution in [0.25, 0.3) is 0 Å². The number of hydrogen-bond acceptors (Lipinski definition) is 5. The van der Waals surface area contributed by atoms with Gasteiger partial charge in [-0.15, -0.1) is 5.10 Å². The SMILES string of the molecule is CN(CC(=O)N(C)C)Cc1nnsc1Cl. The lowest BCUT2D eigenvalue weighted by molar-refractivity contribution is -0.129. The monoisotopic (exact) mass is 248 g/mol. The highest BCUT2D eigenvalue weighted by molar-refractivity contribution is 7.10. The average molecular weight is 249 g/mol. The molecule has 0 aliphatic rings. The fourth-order valence-corrected chi connectivity index (χ4v) is 1.59. The molecule has 0 fully saturated rings. The van der Waals surface area contributed by atoms with Crippen LogP contribution in [-0.4, -0.2) is 53.0 Å². The van der Waals surface area contributed by atoms with Crippen molar-refractivity contribution in [1.29, 1.82) is 0 Å². The second kappa shape index (κ2) is 5.39. The van der Waals surface area contributed by atoms with Crippen molar-refractivity contribution in [3.05, 3.63) is 10.0 Å². The predicted octanol–water partition coefficient (Wildman–Crippen LogP) is 0.711. The first-order valence-corrected chi connectivity index (χ1v) is 5.51. The summed E-state index contributed by atoms with van der Waals surface area (Å²) in [4.78, 5) is 14.8. The molecular weight excluding hydrogens is 236 g/mol. The molecule has 1 aromatic rings. The van der Waals surface area contributed by atoms with E-state index in [-0.39, 0.29) is 5.91 Å². The van der Waals surface area contributed by atoms with Gasteiger partial charge in [-0.25, -0.2) is 0 Å². The van der Waals surface area contributed by atoms with Crippen LogP contribution in [0.1, 0.15) is 5.69 Å². The van der Waals surface area contributed by atoms with Gasteiger partial charge in [0.1, 0.15) is 10.0 Å². The van der Waals surface area contributed by atoms with Gasteiger partial charge in [-0.2, -0.15) is 0 Å². The Kier molecular flexibility index (Phi) is 4.44. The zero-order valence-electron chi connectivity index (χ0n) is 8.90. The number of likely N-dealkylation sites (N-methyl/N-ethyl adjacent to an activating group) is 2. The minimum Gasteiger partial charge on any atom is -0.348 e. The van der Waals surface area contributed by atoms with Crippen LogP contribution >= 0.6 is 23.1 Å². The van der Waals surface area contributed by atoms with Gasteiger partial charge in [0.2, 0.25) is 5.91 Å². The van der Waals surface area contributed by atoms with Crippen LogP contribution in [-0.2, 0) is 11.3 Å². The maximum Gasteiger partial charge on any atom is 0.236 e. The topological polar surface area (TPSA) is 49.3 Å². The van der Waals surface area contributed by atoms with Crippen LogP contribution in [0.2, 0.25) is 4.34 Å². The van der Waals surface area contributed by atoms with Crippen molar-refractivity contribution in [2.45, 2.75) is 6.54 Å². The number of halogens is 1. The summed E-state index contributed by atoms with van der Waals surface area (Å²) < 4.78 is 4.31. The molecule has 0 aliphatic carbocycles. The molecule has 1 aromatic heterocycles. The van der Waals surface area contributed by atoms with E-state index in [1.54, 1.807) is 19.0 Å². The lowest BCUT2D eigenvalue weighted by atomic mass is 10.4. The Morgan fingerprint density at radius 2 is 2.13 bits per heavy atom. The summed E-state index contributed by atoms with van der Waals surface area (Å²) in [5.41, 5.74) is 0.718. The van der Waals surface area contributed by atoms with E-state index in [0.717, 1.165) is 17.2 Å². The van der Waals surface area contributed by atoms with Gasteiger partial charge in [-0.1, -0.05) is 16.1 Å². The van der Waals surface area contributed by atoms with Gasteiger partial charge >= 0.3 is 0 Å². The van der Waals surface area contributed by atoms with Crippen molar-refractivity contribution in [3.63, 3.8) is 0 Å². The third-order valence-electron chi connectivity index (χ3n) is 1.83. The van der Waals surface area contributed by atoms with Crippen LogP contribution in [0, 0.1) is 0 Å². The lowest BCUT2D eigenvalue weighted by Gasteiger charge is -2.17. The highest BCUT2D eigenvalue weighted by atomic mass is 35.5. The fourth-order valence-electron chi connectivity index (χ4n) is 0.975. The summed E-state index contributed by atoms with van der Waals surface area (Å²) in [5, 5.41) is 3.88. The number of aromatic nitrogens is 2. The van der Waals surface area contributed by atoms with Crippen molar-refractivity contribution in [3.8, 4) is 0 Å². The Bertz CT molecular complexity index is 341. The van der Waals surface area contributed by atoms with E-state index in [2.05, 4.69) is 9.59 Å². The largest absolute Gasteiger partial charge is 0.348 e. The van der Waals surface area contributed by atoms with Gasteiger partial charge in [0, 0.05) is 32.2 Å². The molecule has 0 saturated heterocycles. The van der Waals surface area contributed by atoms with Crippen molar-refractivity contribution in [1.82, 2.24) is 19.4 Å². The Morgan fingerprint density at radius 1 is 1.47 bits per heavy atom. The van der Waals surface area contributed by atoms with E-state index in [1.165, 1.54) is 0 Å². The van der Waals surface area contributed by atoms with E-state index in [9.17, 15) is 4.79 Å². The van der Waals surface area contributed by atoms with E-state index < -0.39 is 0 Å². The zero-order chi connectivity index (χ0) is 11.4. The number of amides is 1. The molecule has 0 spiro atoms. The van der Waals surface area contributed by atoms with Crippen molar-refractivity contribution < 1.29 is 4.79 Å². The van der Waals surface area contributed by atoms with Crippen LogP contribution in [0.5, 0.6) is 0 Å². The van der Waals surface area contributed by atoms with Gasteiger partial charge < -0.3 is 4.90 Å². The van der Waals surface area contributed by atoms with E-state index >= 15 is 0 Å². The third kappa shape index (κ3) is 3.73. The number of carbonyl (C=O) groups excluding carboxylic acids is 1. The molecule has 7 heteroatoms. The molecule has 0 radical (unpaired) electrons. The second-order valence-corrected chi connectivity index (χ2v) is 4.81. The standard InChI is InChI=1S/C8H13ClN4OS/c1-12(2)7(14)5-13(3)4-6-8(9)15-11-10-6/h4-5H2,1-3H3. The summed E-state index contributed by atoms with van der Waals surface area (Å²) in [6.45, 7) is 0.885. The van der Waals surface area contributed by atoms with Gasteiger partial charge in [0.15, 0.2) is 0 Å². The second-order valence-electron chi connectivity index (χ2n) is 3.45. The first kappa shape index (κ1) is 12.4. The molecule has 15 heavy (non-hydrogen) atoms. The molecule has 84 valence electrons. The molecule has 1 amide bonds. The molecule has 0 unspecified atom stereocenters. The Hall–Kier alpha value is -0.720. The Labute approximate surface area is 97.8 Å². The van der Waals surface area contributed by atoms with E-state index in [4.69, 9.17) is 11.6 Å². The summed E-state index contributed by atoms with van der Waals surface area (Å²) in [6.07, 6.45) is 0. The minimum atomic E-state index is 0.0526. The number of carbonyl (C=O) groups is 1. The van der Waals surface area contributed by atoms with Gasteiger partial charge in [0.25, 0.3) is 0 Å². The molecule has 0 aromatic carbocycles. The summed E-state index contributed by atoms with van der Waals surface area (Å²) in [5.74, 6) is 0.0526. The van der Waals surface area contributed by atoms with Crippen molar-refractivity contribution in [2.24, 2.45) is 0 Å². The van der Waals surface area contributed by atoms with Gasteiger partial charge in [-0.3, -0.25) is 9.69 Å². The normalized spacial score (nSPS) is 10.7. The lowest BCUT2D eigenvalue weighted by Crippen LogP contribution is -2.34. The zero-order valence-corrected chi connectivity index (χ0v) is 10.5. The average Bonchev–Trinajstić information content (AvgIpc) is 2.51. The Balaban J connectivity index is 2.46. The fraction of sp³-hybridized carbons (Fsp3) is 0.625. The third-order valence-corrected chi connectivity index (χ3v) is 2.82. The number of rotatable bonds is 4. The summed E-state index contributed by atoms with van der Waals surface area (Å²) in [6, 6.07) is 0. The molecule has 0 saturated carbocycles. The molecule has 0 N–H and O–H groups in total. The number of hydrogen-bond donors (Lipinski definition) is 0. The molecule has 1 heterocycles. The quantitative estimate of drug-likeness (QED) is 0.788. The smallest absolute Gasteiger partial charge is 0.236 e. The van der Waals surface area contributed by atoms with Crippen molar-refractivity contribution >= 4 is 29.0 Å². The van der Waals surface area contributed by atoms with Crippen LogP contribution < -0.4 is 0 Å². The van der Waals surface area contributed by atoms with Crippen LogP contribution in [0.4, 0.5) is 0 Å². The minimum absolute atomic E-state index is 0.0526. The molecule has 0 atom stereocenters. The Morgan fingerprint density at radius 3 is 2.60 bits per heavy atom. The molecule has 0 aliphatic heterocycles. The van der Waals surface area contributed by atoms with E-state index in [0.29, 0.717) is 17.4 Å². The highest BCUT2D eigenvalue weighted by Crippen LogP contribution is 2.18. The van der Waals surface area contributed by atoms with Gasteiger partial charge in [0.05, 0.1) is 6.54 Å². The molecular formula is C8H13ClN4OS. The van der Waals surface area contributed by atoms with Gasteiger partial charge in [-0.05, 0) is 7.05 Å². The molecule has 0 bridgehead atoms. The van der Waals surface area contributed by atoms with Crippen LogP contribution in [0.15, 0.2) is 0 Å². The summed E-state index contributed by atoms with van der Waals surface area (Å²) in [7, 11) is 5.30.